The molecule has 4 aromatic rings. The number of pyridine rings is 1. The number of benzene rings is 2. The molecule has 3 atom stereocenters. The monoisotopic (exact) mass is 554 g/mol. The Kier molecular flexibility index (Phi) is 7.39. The number of primary amides is 1. The Morgan fingerprint density at radius 1 is 1.20 bits per heavy atom. The molecule has 2 saturated heterocycles. The summed E-state index contributed by atoms with van der Waals surface area (Å²) >= 11 is 0. The second kappa shape index (κ2) is 11.3. The zero-order chi connectivity index (χ0) is 28.5. The SMILES string of the molecule is CC1CN(Cc2nc3ccc(C(N)=O)cc3n2CC2CCO2)CC1c1cccc(OCc2ccc(C#N)cc2F)n1. The zero-order valence-electron chi connectivity index (χ0n) is 22.8. The van der Waals surface area contributed by atoms with E-state index in [2.05, 4.69) is 16.4 Å². The van der Waals surface area contributed by atoms with Gasteiger partial charge in [0.15, 0.2) is 0 Å². The number of nitrogens with two attached hydrogens (primary N) is 1. The van der Waals surface area contributed by atoms with Crippen LogP contribution < -0.4 is 10.5 Å². The van der Waals surface area contributed by atoms with Crippen molar-refractivity contribution < 1.29 is 18.7 Å². The van der Waals surface area contributed by atoms with Gasteiger partial charge in [0.05, 0.1) is 41.9 Å². The molecular formula is C31H31FN6O3. The van der Waals surface area contributed by atoms with Crippen LogP contribution in [0.2, 0.25) is 0 Å². The third-order valence-electron chi connectivity index (χ3n) is 8.03. The molecule has 0 spiro atoms. The van der Waals surface area contributed by atoms with Crippen molar-refractivity contribution in [3.05, 3.63) is 88.6 Å². The fourth-order valence-electron chi connectivity index (χ4n) is 5.67. The number of fused-ring (bicyclic) bond motifs is 1. The van der Waals surface area contributed by atoms with Gasteiger partial charge in [-0.25, -0.2) is 14.4 Å². The number of ether oxygens (including phenoxy) is 2. The third kappa shape index (κ3) is 5.64. The summed E-state index contributed by atoms with van der Waals surface area (Å²) < 4.78 is 28.0. The van der Waals surface area contributed by atoms with Gasteiger partial charge >= 0.3 is 0 Å². The summed E-state index contributed by atoms with van der Waals surface area (Å²) in [7, 11) is 0. The number of likely N-dealkylation sites (tertiary alicyclic amines) is 1. The van der Waals surface area contributed by atoms with Gasteiger partial charge in [-0.1, -0.05) is 19.1 Å². The van der Waals surface area contributed by atoms with Crippen molar-refractivity contribution in [1.29, 1.82) is 5.26 Å². The first kappa shape index (κ1) is 26.9. The Morgan fingerprint density at radius 2 is 2.05 bits per heavy atom. The topological polar surface area (TPSA) is 119 Å². The van der Waals surface area contributed by atoms with Gasteiger partial charge in [-0.15, -0.1) is 0 Å². The van der Waals surface area contributed by atoms with Gasteiger partial charge in [0.2, 0.25) is 11.8 Å². The summed E-state index contributed by atoms with van der Waals surface area (Å²) in [6.45, 7) is 6.03. The molecule has 3 unspecified atom stereocenters. The minimum absolute atomic E-state index is 0.0265. The summed E-state index contributed by atoms with van der Waals surface area (Å²) in [5.41, 5.74) is 9.31. The van der Waals surface area contributed by atoms with Crippen molar-refractivity contribution >= 4 is 16.9 Å². The number of carbonyl (C=O) groups excluding carboxylic acids is 1. The average molecular weight is 555 g/mol. The molecule has 0 bridgehead atoms. The van der Waals surface area contributed by atoms with Crippen molar-refractivity contribution in [3.63, 3.8) is 0 Å². The highest BCUT2D eigenvalue weighted by Gasteiger charge is 2.33. The maximum Gasteiger partial charge on any atom is 0.248 e. The molecular weight excluding hydrogens is 523 g/mol. The number of amides is 1. The molecule has 9 nitrogen and oxygen atoms in total. The van der Waals surface area contributed by atoms with Crippen molar-refractivity contribution in [2.75, 3.05) is 19.7 Å². The van der Waals surface area contributed by atoms with Gasteiger partial charge in [-0.3, -0.25) is 9.69 Å². The fourth-order valence-corrected chi connectivity index (χ4v) is 5.67. The number of nitriles is 1. The van der Waals surface area contributed by atoms with Crippen molar-refractivity contribution in [3.8, 4) is 11.9 Å². The largest absolute Gasteiger partial charge is 0.473 e. The lowest BCUT2D eigenvalue weighted by Crippen LogP contribution is -2.32. The highest BCUT2D eigenvalue weighted by molar-refractivity contribution is 5.96. The van der Waals surface area contributed by atoms with E-state index in [1.165, 1.54) is 6.07 Å². The standard InChI is InChI=1S/C31H31FN6O3/c1-19-14-37(17-29-35-27-8-7-21(31(34)39)12-28(27)38(29)15-23-9-10-40-23)16-24(19)26-3-2-4-30(36-26)41-18-22-6-5-20(13-33)11-25(22)32/h2-8,11-12,19,23-24H,9-10,14-18H2,1H3,(H2,34,39). The molecule has 2 aliphatic rings. The van der Waals surface area contributed by atoms with E-state index in [0.717, 1.165) is 48.7 Å². The summed E-state index contributed by atoms with van der Waals surface area (Å²) in [4.78, 5) is 23.9. The van der Waals surface area contributed by atoms with Crippen LogP contribution in [0, 0.1) is 23.1 Å². The van der Waals surface area contributed by atoms with Crippen LogP contribution in [0.25, 0.3) is 11.0 Å². The van der Waals surface area contributed by atoms with Crippen LogP contribution in [0.4, 0.5) is 4.39 Å². The molecule has 2 aromatic carbocycles. The van der Waals surface area contributed by atoms with Crippen LogP contribution in [0.3, 0.4) is 0 Å². The molecule has 0 saturated carbocycles. The minimum atomic E-state index is -0.471. The Bertz CT molecular complexity index is 1640. The lowest BCUT2D eigenvalue weighted by atomic mass is 9.94. The smallest absolute Gasteiger partial charge is 0.248 e. The number of hydrogen-bond acceptors (Lipinski definition) is 7. The average Bonchev–Trinajstić information content (AvgIpc) is 3.48. The summed E-state index contributed by atoms with van der Waals surface area (Å²) in [6.07, 6.45) is 1.14. The number of hydrogen-bond donors (Lipinski definition) is 1. The summed E-state index contributed by atoms with van der Waals surface area (Å²) in [6, 6.07) is 17.4. The van der Waals surface area contributed by atoms with Crippen molar-refractivity contribution in [1.82, 2.24) is 19.4 Å². The van der Waals surface area contributed by atoms with E-state index in [4.69, 9.17) is 30.4 Å². The van der Waals surface area contributed by atoms with E-state index in [9.17, 15) is 9.18 Å². The minimum Gasteiger partial charge on any atom is -0.473 e. The van der Waals surface area contributed by atoms with E-state index >= 15 is 0 Å². The van der Waals surface area contributed by atoms with Crippen LogP contribution >= 0.6 is 0 Å². The highest BCUT2D eigenvalue weighted by Crippen LogP contribution is 2.33. The summed E-state index contributed by atoms with van der Waals surface area (Å²) in [5.74, 6) is 0.977. The number of halogens is 1. The van der Waals surface area contributed by atoms with Crippen LogP contribution in [-0.4, -0.2) is 51.1 Å². The van der Waals surface area contributed by atoms with Crippen LogP contribution in [0.15, 0.2) is 54.6 Å². The molecule has 210 valence electrons. The molecule has 1 amide bonds. The van der Waals surface area contributed by atoms with Crippen LogP contribution in [-0.2, 0) is 24.4 Å². The zero-order valence-corrected chi connectivity index (χ0v) is 22.8. The van der Waals surface area contributed by atoms with Crippen LogP contribution in [0.1, 0.15) is 52.3 Å². The maximum absolute atomic E-state index is 14.3. The predicted octanol–water partition coefficient (Wildman–Crippen LogP) is 4.14. The maximum atomic E-state index is 14.3. The second-order valence-corrected chi connectivity index (χ2v) is 10.9. The number of aromatic nitrogens is 3. The molecule has 2 aliphatic heterocycles. The van der Waals surface area contributed by atoms with Gasteiger partial charge in [0, 0.05) is 48.5 Å². The molecule has 4 heterocycles. The molecule has 10 heteroatoms. The van der Waals surface area contributed by atoms with E-state index < -0.39 is 11.7 Å². The first-order valence-electron chi connectivity index (χ1n) is 13.8. The first-order valence-corrected chi connectivity index (χ1v) is 13.8. The van der Waals surface area contributed by atoms with E-state index in [1.807, 2.05) is 30.3 Å². The molecule has 6 rings (SSSR count). The Morgan fingerprint density at radius 3 is 2.78 bits per heavy atom. The lowest BCUT2D eigenvalue weighted by molar-refractivity contribution is -0.0591. The number of carbonyl (C=O) groups is 1. The van der Waals surface area contributed by atoms with Crippen LogP contribution in [0.5, 0.6) is 5.88 Å². The highest BCUT2D eigenvalue weighted by atomic mass is 19.1. The van der Waals surface area contributed by atoms with Crippen molar-refractivity contribution in [2.24, 2.45) is 11.7 Å². The lowest BCUT2D eigenvalue weighted by Gasteiger charge is -2.28. The predicted molar refractivity (Wildman–Crippen MR) is 149 cm³/mol. The van der Waals surface area contributed by atoms with Gasteiger partial charge in [-0.2, -0.15) is 5.26 Å². The van der Waals surface area contributed by atoms with Crippen molar-refractivity contribution in [2.45, 2.75) is 45.1 Å². The number of rotatable bonds is 9. The van der Waals surface area contributed by atoms with Gasteiger partial charge in [0.25, 0.3) is 0 Å². The van der Waals surface area contributed by atoms with Gasteiger partial charge in [0.1, 0.15) is 18.2 Å². The fraction of sp³-hybridized carbons (Fsp3) is 0.355. The molecule has 2 N–H and O–H groups in total. The first-order chi connectivity index (χ1) is 19.9. The van der Waals surface area contributed by atoms with Gasteiger partial charge < -0.3 is 19.8 Å². The van der Waals surface area contributed by atoms with E-state index in [-0.39, 0.29) is 24.2 Å². The number of imidazole rings is 1. The van der Waals surface area contributed by atoms with E-state index in [0.29, 0.717) is 36.0 Å². The molecule has 2 aromatic heterocycles. The molecule has 0 radical (unpaired) electrons. The second-order valence-electron chi connectivity index (χ2n) is 10.9. The quantitative estimate of drug-likeness (QED) is 0.330. The molecule has 41 heavy (non-hydrogen) atoms. The number of nitrogens with zero attached hydrogens (tertiary/aromatic N) is 5. The Hall–Kier alpha value is -4.33. The van der Waals surface area contributed by atoms with Gasteiger partial charge in [-0.05, 0) is 48.7 Å². The summed E-state index contributed by atoms with van der Waals surface area (Å²) in [5, 5.41) is 8.95. The molecule has 0 aliphatic carbocycles. The Labute approximate surface area is 237 Å². The third-order valence-corrected chi connectivity index (χ3v) is 8.03. The Balaban J connectivity index is 1.17. The normalized spacial score (nSPS) is 20.6. The molecule has 2 fully saturated rings. The van der Waals surface area contributed by atoms with E-state index in [1.54, 1.807) is 24.3 Å².